The van der Waals surface area contributed by atoms with E-state index in [1.165, 1.54) is 14.2 Å². The first-order valence-electron chi connectivity index (χ1n) is 7.12. The summed E-state index contributed by atoms with van der Waals surface area (Å²) in [5.74, 6) is -1.82. The summed E-state index contributed by atoms with van der Waals surface area (Å²) in [6, 6.07) is 9.34. The number of ether oxygens (including phenoxy) is 1. The smallest absolute Gasteiger partial charge is 0.318 e. The van der Waals surface area contributed by atoms with Gasteiger partial charge in [0.2, 0.25) is 0 Å². The Kier molecular flexibility index (Phi) is 9.88. The van der Waals surface area contributed by atoms with Gasteiger partial charge >= 0.3 is 5.97 Å². The van der Waals surface area contributed by atoms with E-state index in [0.717, 1.165) is 10.6 Å². The van der Waals surface area contributed by atoms with Crippen molar-refractivity contribution in [3.05, 3.63) is 35.9 Å². The molecule has 5 nitrogen and oxygen atoms in total. The Labute approximate surface area is 126 Å². The van der Waals surface area contributed by atoms with Crippen molar-refractivity contribution >= 4 is 11.9 Å². The Morgan fingerprint density at radius 1 is 1.19 bits per heavy atom. The van der Waals surface area contributed by atoms with Crippen molar-refractivity contribution in [3.63, 3.8) is 0 Å². The van der Waals surface area contributed by atoms with Crippen LogP contribution in [-0.4, -0.2) is 37.7 Å². The second kappa shape index (κ2) is 10.9. The number of rotatable bonds is 6. The lowest BCUT2D eigenvalue weighted by atomic mass is 9.98. The van der Waals surface area contributed by atoms with Gasteiger partial charge < -0.3 is 4.74 Å². The molecule has 1 rings (SSSR count). The molecule has 0 bridgehead atoms. The van der Waals surface area contributed by atoms with Gasteiger partial charge in [0.05, 0.1) is 13.7 Å². The fourth-order valence-corrected chi connectivity index (χ4v) is 1.67. The summed E-state index contributed by atoms with van der Waals surface area (Å²) in [6.07, 6.45) is 0.298. The van der Waals surface area contributed by atoms with Crippen LogP contribution >= 0.6 is 0 Å². The number of amides is 1. The van der Waals surface area contributed by atoms with Crippen molar-refractivity contribution in [2.45, 2.75) is 27.2 Å². The zero-order valence-corrected chi connectivity index (χ0v) is 13.5. The van der Waals surface area contributed by atoms with Gasteiger partial charge in [0.1, 0.15) is 5.92 Å². The predicted octanol–water partition coefficient (Wildman–Crippen LogP) is 2.45. The third-order valence-electron chi connectivity index (χ3n) is 2.74. The molecule has 0 N–H and O–H groups in total. The number of hydrogen-bond acceptors (Lipinski definition) is 4. The molecule has 5 heteroatoms. The van der Waals surface area contributed by atoms with E-state index in [-0.39, 0.29) is 6.61 Å². The van der Waals surface area contributed by atoms with Crippen molar-refractivity contribution in [2.24, 2.45) is 5.92 Å². The zero-order chi connectivity index (χ0) is 16.3. The Bertz CT molecular complexity index is 420. The molecule has 0 radical (unpaired) electrons. The minimum atomic E-state index is -0.882. The molecular weight excluding hydrogens is 270 g/mol. The fourth-order valence-electron chi connectivity index (χ4n) is 1.67. The topological polar surface area (TPSA) is 55.8 Å². The summed E-state index contributed by atoms with van der Waals surface area (Å²) in [5.41, 5.74) is 0.901. The largest absolute Gasteiger partial charge is 0.465 e. The number of hydroxylamine groups is 2. The maximum absolute atomic E-state index is 12.1. The zero-order valence-electron chi connectivity index (χ0n) is 13.5. The standard InChI is InChI=1S/C14H19NO4.C2H6/c1-4-19-14(17)12(13(16)15(2)18-3)10-11-8-6-5-7-9-11;1-2/h5-9,12H,4,10H2,1-3H3;1-2H3. The highest BCUT2D eigenvalue weighted by Crippen LogP contribution is 2.13. The highest BCUT2D eigenvalue weighted by atomic mass is 16.7. The lowest BCUT2D eigenvalue weighted by molar-refractivity contribution is -0.179. The number of esters is 1. The van der Waals surface area contributed by atoms with Crippen LogP contribution in [0.4, 0.5) is 0 Å². The summed E-state index contributed by atoms with van der Waals surface area (Å²) >= 11 is 0. The quantitative estimate of drug-likeness (QED) is 0.459. The van der Waals surface area contributed by atoms with Crippen LogP contribution in [0.3, 0.4) is 0 Å². The molecule has 118 valence electrons. The molecule has 0 saturated heterocycles. The van der Waals surface area contributed by atoms with Crippen LogP contribution < -0.4 is 0 Å². The van der Waals surface area contributed by atoms with Crippen LogP contribution in [0, 0.1) is 5.92 Å². The molecule has 0 fully saturated rings. The summed E-state index contributed by atoms with van der Waals surface area (Å²) in [7, 11) is 2.85. The van der Waals surface area contributed by atoms with Crippen LogP contribution in [-0.2, 0) is 25.6 Å². The second-order valence-corrected chi connectivity index (χ2v) is 4.01. The van der Waals surface area contributed by atoms with E-state index < -0.39 is 17.8 Å². The lowest BCUT2D eigenvalue weighted by Crippen LogP contribution is -2.38. The second-order valence-electron chi connectivity index (χ2n) is 4.01. The highest BCUT2D eigenvalue weighted by Gasteiger charge is 2.31. The Morgan fingerprint density at radius 3 is 2.24 bits per heavy atom. The molecule has 0 saturated carbocycles. The molecule has 1 unspecified atom stereocenters. The molecule has 1 amide bonds. The summed E-state index contributed by atoms with van der Waals surface area (Å²) in [4.78, 5) is 28.8. The molecule has 0 aliphatic heterocycles. The maximum atomic E-state index is 12.1. The molecule has 0 aromatic heterocycles. The van der Waals surface area contributed by atoms with Crippen molar-refractivity contribution in [1.82, 2.24) is 5.06 Å². The van der Waals surface area contributed by atoms with Gasteiger partial charge in [-0.1, -0.05) is 44.2 Å². The number of nitrogens with zero attached hydrogens (tertiary/aromatic N) is 1. The number of carbonyl (C=O) groups excluding carboxylic acids is 2. The van der Waals surface area contributed by atoms with Gasteiger partial charge in [-0.15, -0.1) is 0 Å². The van der Waals surface area contributed by atoms with E-state index in [0.29, 0.717) is 6.42 Å². The number of hydrogen-bond donors (Lipinski definition) is 0. The molecule has 21 heavy (non-hydrogen) atoms. The van der Waals surface area contributed by atoms with Crippen molar-refractivity contribution in [2.75, 3.05) is 20.8 Å². The summed E-state index contributed by atoms with van der Waals surface area (Å²) in [5, 5.41) is 1.05. The fraction of sp³-hybridized carbons (Fsp3) is 0.500. The summed E-state index contributed by atoms with van der Waals surface area (Å²) in [6.45, 7) is 5.95. The predicted molar refractivity (Wildman–Crippen MR) is 81.4 cm³/mol. The third-order valence-corrected chi connectivity index (χ3v) is 2.74. The van der Waals surface area contributed by atoms with E-state index in [1.807, 2.05) is 44.2 Å². The minimum absolute atomic E-state index is 0.244. The van der Waals surface area contributed by atoms with E-state index in [1.54, 1.807) is 6.92 Å². The monoisotopic (exact) mass is 295 g/mol. The van der Waals surface area contributed by atoms with Crippen LogP contribution in [0.15, 0.2) is 30.3 Å². The molecule has 0 heterocycles. The minimum Gasteiger partial charge on any atom is -0.465 e. The normalized spacial score (nSPS) is 10.9. The van der Waals surface area contributed by atoms with Gasteiger partial charge in [-0.05, 0) is 18.9 Å². The van der Waals surface area contributed by atoms with Crippen LogP contribution in [0.1, 0.15) is 26.3 Å². The van der Waals surface area contributed by atoms with Crippen LogP contribution in [0.25, 0.3) is 0 Å². The van der Waals surface area contributed by atoms with E-state index in [2.05, 4.69) is 0 Å². The van der Waals surface area contributed by atoms with Crippen molar-refractivity contribution in [1.29, 1.82) is 0 Å². The van der Waals surface area contributed by atoms with Gasteiger partial charge in [-0.3, -0.25) is 14.4 Å². The van der Waals surface area contributed by atoms with E-state index >= 15 is 0 Å². The molecule has 1 aromatic carbocycles. The SMILES string of the molecule is CC.CCOC(=O)C(Cc1ccccc1)C(=O)N(C)OC. The van der Waals surface area contributed by atoms with E-state index in [4.69, 9.17) is 9.57 Å². The molecule has 0 aliphatic carbocycles. The molecule has 0 aliphatic rings. The van der Waals surface area contributed by atoms with E-state index in [9.17, 15) is 9.59 Å². The first-order valence-corrected chi connectivity index (χ1v) is 7.12. The molecule has 1 atom stereocenters. The Hall–Kier alpha value is -1.88. The molecule has 1 aromatic rings. The van der Waals surface area contributed by atoms with Gasteiger partial charge in [0, 0.05) is 7.05 Å². The first kappa shape index (κ1) is 19.1. The van der Waals surface area contributed by atoms with Crippen LogP contribution in [0.2, 0.25) is 0 Å². The average Bonchev–Trinajstić information content (AvgIpc) is 2.54. The molecule has 0 spiro atoms. The Balaban J connectivity index is 0.00000191. The van der Waals surface area contributed by atoms with Gasteiger partial charge in [-0.25, -0.2) is 5.06 Å². The first-order chi connectivity index (χ1) is 10.1. The van der Waals surface area contributed by atoms with Crippen LogP contribution in [0.5, 0.6) is 0 Å². The Morgan fingerprint density at radius 2 is 1.76 bits per heavy atom. The highest BCUT2D eigenvalue weighted by molar-refractivity contribution is 5.97. The van der Waals surface area contributed by atoms with Crippen molar-refractivity contribution < 1.29 is 19.2 Å². The maximum Gasteiger partial charge on any atom is 0.318 e. The third kappa shape index (κ3) is 6.40. The number of carbonyl (C=O) groups is 2. The lowest BCUT2D eigenvalue weighted by Gasteiger charge is -2.20. The van der Waals surface area contributed by atoms with Gasteiger partial charge in [-0.2, -0.15) is 0 Å². The molecular formula is C16H25NO4. The number of benzene rings is 1. The summed E-state index contributed by atoms with van der Waals surface area (Å²) < 4.78 is 4.95. The average molecular weight is 295 g/mol. The van der Waals surface area contributed by atoms with Crippen molar-refractivity contribution in [3.8, 4) is 0 Å². The van der Waals surface area contributed by atoms with Gasteiger partial charge in [0.25, 0.3) is 5.91 Å². The van der Waals surface area contributed by atoms with Gasteiger partial charge in [0.15, 0.2) is 0 Å².